The van der Waals surface area contributed by atoms with Gasteiger partial charge in [0.2, 0.25) is 5.91 Å². The van der Waals surface area contributed by atoms with E-state index in [9.17, 15) is 4.79 Å². The van der Waals surface area contributed by atoms with Crippen LogP contribution in [-0.4, -0.2) is 26.5 Å². The van der Waals surface area contributed by atoms with Crippen LogP contribution < -0.4 is 10.2 Å². The van der Waals surface area contributed by atoms with Gasteiger partial charge in [0.05, 0.1) is 16.0 Å². The Morgan fingerprint density at radius 1 is 1.12 bits per heavy atom. The molecule has 1 unspecified atom stereocenters. The van der Waals surface area contributed by atoms with E-state index in [-0.39, 0.29) is 11.8 Å². The van der Waals surface area contributed by atoms with Gasteiger partial charge in [-0.25, -0.2) is 0 Å². The van der Waals surface area contributed by atoms with Crippen LogP contribution in [0.1, 0.15) is 30.4 Å². The van der Waals surface area contributed by atoms with Crippen LogP contribution in [0.15, 0.2) is 42.5 Å². The minimum Gasteiger partial charge on any atom is -0.377 e. The van der Waals surface area contributed by atoms with Crippen LogP contribution in [-0.2, 0) is 11.2 Å². The van der Waals surface area contributed by atoms with Gasteiger partial charge in [0.25, 0.3) is 0 Å². The predicted molar refractivity (Wildman–Crippen MR) is 107 cm³/mol. The standard InChI is InChI=1S/C20H24Cl2N2O/c1-4-16(15-9-10-17(21)18(22)13-15)20(25)23-12-11-14-7-5-6-8-19(14)24(2)3/h5-10,13,16H,4,11-12H2,1-3H3,(H,23,25). The summed E-state index contributed by atoms with van der Waals surface area (Å²) in [6.45, 7) is 2.59. The van der Waals surface area contributed by atoms with Gasteiger partial charge in [-0.15, -0.1) is 0 Å². The van der Waals surface area contributed by atoms with Crippen molar-refractivity contribution in [2.75, 3.05) is 25.5 Å². The van der Waals surface area contributed by atoms with Crippen molar-refractivity contribution in [3.8, 4) is 0 Å². The number of hydrogen-bond donors (Lipinski definition) is 1. The van der Waals surface area contributed by atoms with E-state index in [1.54, 1.807) is 12.1 Å². The van der Waals surface area contributed by atoms with E-state index in [2.05, 4.69) is 22.3 Å². The molecule has 0 radical (unpaired) electrons. The van der Waals surface area contributed by atoms with Gasteiger partial charge < -0.3 is 10.2 Å². The molecule has 0 aliphatic heterocycles. The number of benzene rings is 2. The molecule has 0 fully saturated rings. The summed E-state index contributed by atoms with van der Waals surface area (Å²) in [6, 6.07) is 13.6. The zero-order chi connectivity index (χ0) is 18.4. The summed E-state index contributed by atoms with van der Waals surface area (Å²) in [4.78, 5) is 14.7. The molecule has 1 atom stereocenters. The average Bonchev–Trinajstić information content (AvgIpc) is 2.59. The Labute approximate surface area is 159 Å². The van der Waals surface area contributed by atoms with Crippen LogP contribution in [0.3, 0.4) is 0 Å². The third-order valence-corrected chi connectivity index (χ3v) is 4.98. The first-order valence-electron chi connectivity index (χ1n) is 8.42. The molecule has 2 rings (SSSR count). The average molecular weight is 379 g/mol. The molecule has 0 saturated heterocycles. The summed E-state index contributed by atoms with van der Waals surface area (Å²) >= 11 is 12.0. The second-order valence-corrected chi connectivity index (χ2v) is 7.01. The van der Waals surface area contributed by atoms with Crippen molar-refractivity contribution in [2.24, 2.45) is 0 Å². The maximum Gasteiger partial charge on any atom is 0.227 e. The molecule has 3 nitrogen and oxygen atoms in total. The van der Waals surface area contributed by atoms with Crippen LogP contribution in [0.5, 0.6) is 0 Å². The molecule has 0 aliphatic rings. The lowest BCUT2D eigenvalue weighted by atomic mass is 9.95. The predicted octanol–water partition coefficient (Wildman–Crippen LogP) is 4.91. The number of amides is 1. The lowest BCUT2D eigenvalue weighted by Crippen LogP contribution is -2.31. The number of anilines is 1. The van der Waals surface area contributed by atoms with Crippen molar-refractivity contribution >= 4 is 34.8 Å². The van der Waals surface area contributed by atoms with E-state index in [1.807, 2.05) is 39.2 Å². The van der Waals surface area contributed by atoms with Gasteiger partial charge in [0.1, 0.15) is 0 Å². The highest BCUT2D eigenvalue weighted by Gasteiger charge is 2.19. The van der Waals surface area contributed by atoms with Gasteiger partial charge in [0, 0.05) is 26.3 Å². The van der Waals surface area contributed by atoms with Gasteiger partial charge in [-0.1, -0.05) is 54.4 Å². The topological polar surface area (TPSA) is 32.3 Å². The normalized spacial score (nSPS) is 11.9. The number of nitrogens with zero attached hydrogens (tertiary/aromatic N) is 1. The summed E-state index contributed by atoms with van der Waals surface area (Å²) in [5.74, 6) is -0.206. The van der Waals surface area contributed by atoms with Crippen molar-refractivity contribution in [2.45, 2.75) is 25.7 Å². The summed E-state index contributed by atoms with van der Waals surface area (Å²) in [6.07, 6.45) is 1.50. The first-order valence-corrected chi connectivity index (χ1v) is 9.17. The number of para-hydroxylation sites is 1. The third-order valence-electron chi connectivity index (χ3n) is 4.24. The Morgan fingerprint density at radius 3 is 2.48 bits per heavy atom. The minimum absolute atomic E-state index is 0.0169. The van der Waals surface area contributed by atoms with Crippen LogP contribution in [0, 0.1) is 0 Å². The first-order chi connectivity index (χ1) is 11.9. The second-order valence-electron chi connectivity index (χ2n) is 6.20. The van der Waals surface area contributed by atoms with Gasteiger partial charge >= 0.3 is 0 Å². The first kappa shape index (κ1) is 19.6. The molecule has 0 saturated carbocycles. The van der Waals surface area contributed by atoms with Gasteiger partial charge in [-0.3, -0.25) is 4.79 Å². The van der Waals surface area contributed by atoms with Gasteiger partial charge in [-0.2, -0.15) is 0 Å². The number of carbonyl (C=O) groups is 1. The summed E-state index contributed by atoms with van der Waals surface area (Å²) in [7, 11) is 4.05. The Balaban J connectivity index is 2.00. The largest absolute Gasteiger partial charge is 0.377 e. The summed E-state index contributed by atoms with van der Waals surface area (Å²) in [5, 5.41) is 4.03. The molecule has 1 N–H and O–H groups in total. The third kappa shape index (κ3) is 5.13. The van der Waals surface area contributed by atoms with Crippen molar-refractivity contribution < 1.29 is 4.79 Å². The molecule has 0 aliphatic carbocycles. The minimum atomic E-state index is -0.223. The quantitative estimate of drug-likeness (QED) is 0.741. The zero-order valence-electron chi connectivity index (χ0n) is 14.9. The highest BCUT2D eigenvalue weighted by Crippen LogP contribution is 2.28. The fourth-order valence-corrected chi connectivity index (χ4v) is 3.21. The number of halogens is 2. The lowest BCUT2D eigenvalue weighted by Gasteiger charge is -2.19. The zero-order valence-corrected chi connectivity index (χ0v) is 16.4. The highest BCUT2D eigenvalue weighted by atomic mass is 35.5. The number of rotatable bonds is 7. The molecule has 2 aromatic rings. The monoisotopic (exact) mass is 378 g/mol. The second kappa shape index (κ2) is 9.12. The maximum absolute atomic E-state index is 12.6. The van der Waals surface area contributed by atoms with Crippen LogP contribution in [0.2, 0.25) is 10.0 Å². The summed E-state index contributed by atoms with van der Waals surface area (Å²) in [5.41, 5.74) is 3.28. The highest BCUT2D eigenvalue weighted by molar-refractivity contribution is 6.42. The maximum atomic E-state index is 12.6. The lowest BCUT2D eigenvalue weighted by molar-refractivity contribution is -0.122. The smallest absolute Gasteiger partial charge is 0.227 e. The number of nitrogens with one attached hydrogen (secondary N) is 1. The van der Waals surface area contributed by atoms with E-state index in [4.69, 9.17) is 23.2 Å². The van der Waals surface area contributed by atoms with Gasteiger partial charge in [0.15, 0.2) is 0 Å². The molecular formula is C20H24Cl2N2O. The van der Waals surface area contributed by atoms with Crippen molar-refractivity contribution in [3.05, 3.63) is 63.6 Å². The van der Waals surface area contributed by atoms with Crippen molar-refractivity contribution in [1.29, 1.82) is 0 Å². The molecule has 25 heavy (non-hydrogen) atoms. The molecule has 0 spiro atoms. The Hall–Kier alpha value is -1.71. The van der Waals surface area contributed by atoms with E-state index in [0.29, 0.717) is 23.0 Å². The Bertz CT molecular complexity index is 731. The van der Waals surface area contributed by atoms with Crippen molar-refractivity contribution in [1.82, 2.24) is 5.32 Å². The molecular weight excluding hydrogens is 355 g/mol. The van der Waals surface area contributed by atoms with E-state index in [0.717, 1.165) is 12.0 Å². The molecule has 0 aromatic heterocycles. The SMILES string of the molecule is CCC(C(=O)NCCc1ccccc1N(C)C)c1ccc(Cl)c(Cl)c1. The fourth-order valence-electron chi connectivity index (χ4n) is 2.90. The molecule has 0 bridgehead atoms. The molecule has 134 valence electrons. The number of hydrogen-bond acceptors (Lipinski definition) is 2. The van der Waals surface area contributed by atoms with E-state index < -0.39 is 0 Å². The molecule has 1 amide bonds. The van der Waals surface area contributed by atoms with Crippen LogP contribution in [0.25, 0.3) is 0 Å². The summed E-state index contributed by atoms with van der Waals surface area (Å²) < 4.78 is 0. The number of carbonyl (C=O) groups excluding carboxylic acids is 1. The van der Waals surface area contributed by atoms with Crippen LogP contribution >= 0.6 is 23.2 Å². The Kier molecular flexibility index (Phi) is 7.15. The molecule has 5 heteroatoms. The molecule has 0 heterocycles. The van der Waals surface area contributed by atoms with Crippen LogP contribution in [0.4, 0.5) is 5.69 Å². The van der Waals surface area contributed by atoms with Crippen molar-refractivity contribution in [3.63, 3.8) is 0 Å². The van der Waals surface area contributed by atoms with Gasteiger partial charge in [-0.05, 0) is 42.2 Å². The Morgan fingerprint density at radius 2 is 1.84 bits per heavy atom. The van der Waals surface area contributed by atoms with E-state index >= 15 is 0 Å². The van der Waals surface area contributed by atoms with E-state index in [1.165, 1.54) is 11.3 Å². The fraction of sp³-hybridized carbons (Fsp3) is 0.350. The molecule has 2 aromatic carbocycles.